The average molecular weight is 638 g/mol. The lowest BCUT2D eigenvalue weighted by atomic mass is 10.0. The second kappa shape index (κ2) is 37.8. The predicted molar refractivity (Wildman–Crippen MR) is 198 cm³/mol. The van der Waals surface area contributed by atoms with Gasteiger partial charge in [-0.15, -0.1) is 0 Å². The van der Waals surface area contributed by atoms with E-state index in [2.05, 4.69) is 19.2 Å². The van der Waals surface area contributed by atoms with E-state index >= 15 is 0 Å². The first kappa shape index (κ1) is 44.4. The largest absolute Gasteiger partial charge is 0.394 e. The molecule has 0 radical (unpaired) electrons. The SMILES string of the molecule is CCCCCCCCCCCCCCCCCCCCC(O)C(CO)NC(=O)CCCCCCCCCCCCCCCCC. The lowest BCUT2D eigenvalue weighted by Crippen LogP contribution is -2.45. The van der Waals surface area contributed by atoms with Crippen LogP contribution >= 0.6 is 0 Å². The third-order valence-corrected chi connectivity index (χ3v) is 9.87. The summed E-state index contributed by atoms with van der Waals surface area (Å²) < 4.78 is 0. The Bertz CT molecular complexity index is 569. The fraction of sp³-hybridized carbons (Fsp3) is 0.976. The van der Waals surface area contributed by atoms with Crippen molar-refractivity contribution < 1.29 is 15.0 Å². The van der Waals surface area contributed by atoms with Gasteiger partial charge in [0.05, 0.1) is 18.8 Å². The molecule has 3 N–H and O–H groups in total. The molecule has 0 saturated heterocycles. The van der Waals surface area contributed by atoms with Gasteiger partial charge in [-0.2, -0.15) is 0 Å². The molecule has 4 heteroatoms. The Hall–Kier alpha value is -0.610. The summed E-state index contributed by atoms with van der Waals surface area (Å²) in [6.45, 7) is 4.38. The normalized spacial score (nSPS) is 12.9. The zero-order valence-corrected chi connectivity index (χ0v) is 30.9. The number of carbonyl (C=O) groups is 1. The van der Waals surface area contributed by atoms with E-state index in [-0.39, 0.29) is 12.5 Å². The van der Waals surface area contributed by atoms with Crippen LogP contribution < -0.4 is 5.32 Å². The van der Waals surface area contributed by atoms with Crippen LogP contribution in [-0.2, 0) is 4.79 Å². The first-order valence-corrected chi connectivity index (χ1v) is 20.7. The van der Waals surface area contributed by atoms with Crippen LogP contribution in [0.3, 0.4) is 0 Å². The van der Waals surface area contributed by atoms with Gasteiger partial charge in [-0.05, 0) is 12.8 Å². The monoisotopic (exact) mass is 638 g/mol. The van der Waals surface area contributed by atoms with Crippen molar-refractivity contribution >= 4 is 5.91 Å². The Kier molecular flexibility index (Phi) is 37.3. The summed E-state index contributed by atoms with van der Waals surface area (Å²) in [6.07, 6.45) is 44.5. The molecule has 2 unspecified atom stereocenters. The van der Waals surface area contributed by atoms with Gasteiger partial charge in [-0.25, -0.2) is 0 Å². The predicted octanol–water partition coefficient (Wildman–Crippen LogP) is 12.5. The summed E-state index contributed by atoms with van der Waals surface area (Å²) >= 11 is 0. The molecule has 4 nitrogen and oxygen atoms in total. The highest BCUT2D eigenvalue weighted by Gasteiger charge is 2.20. The number of hydrogen-bond acceptors (Lipinski definition) is 3. The molecule has 0 aromatic heterocycles. The first-order valence-electron chi connectivity index (χ1n) is 20.7. The molecule has 45 heavy (non-hydrogen) atoms. The molecule has 0 rings (SSSR count). The molecule has 0 fully saturated rings. The highest BCUT2D eigenvalue weighted by Crippen LogP contribution is 2.16. The van der Waals surface area contributed by atoms with Crippen molar-refractivity contribution in [3.05, 3.63) is 0 Å². The van der Waals surface area contributed by atoms with Crippen LogP contribution in [-0.4, -0.2) is 34.9 Å². The number of amides is 1. The van der Waals surface area contributed by atoms with Gasteiger partial charge in [0.15, 0.2) is 0 Å². The molecule has 0 bridgehead atoms. The summed E-state index contributed by atoms with van der Waals surface area (Å²) in [7, 11) is 0. The topological polar surface area (TPSA) is 69.6 Å². The quantitative estimate of drug-likeness (QED) is 0.0590. The van der Waals surface area contributed by atoms with E-state index in [1.807, 2.05) is 0 Å². The maximum Gasteiger partial charge on any atom is 0.220 e. The van der Waals surface area contributed by atoms with Crippen LogP contribution in [0.4, 0.5) is 0 Å². The Morgan fingerprint density at radius 2 is 0.711 bits per heavy atom. The van der Waals surface area contributed by atoms with E-state index in [9.17, 15) is 15.0 Å². The minimum atomic E-state index is -0.652. The zero-order chi connectivity index (χ0) is 32.9. The molecule has 270 valence electrons. The molecule has 0 heterocycles. The van der Waals surface area contributed by atoms with Crippen molar-refractivity contribution in [1.82, 2.24) is 5.32 Å². The second-order valence-corrected chi connectivity index (χ2v) is 14.4. The molecule has 2 atom stereocenters. The molecular weight excluding hydrogens is 554 g/mol. The lowest BCUT2D eigenvalue weighted by Gasteiger charge is -2.22. The zero-order valence-electron chi connectivity index (χ0n) is 30.9. The van der Waals surface area contributed by atoms with Crippen LogP contribution in [0.25, 0.3) is 0 Å². The third-order valence-electron chi connectivity index (χ3n) is 9.87. The van der Waals surface area contributed by atoms with E-state index in [0.29, 0.717) is 12.8 Å². The van der Waals surface area contributed by atoms with Crippen molar-refractivity contribution in [1.29, 1.82) is 0 Å². The smallest absolute Gasteiger partial charge is 0.220 e. The Morgan fingerprint density at radius 3 is 1.00 bits per heavy atom. The fourth-order valence-electron chi connectivity index (χ4n) is 6.66. The molecule has 0 aliphatic carbocycles. The number of rotatable bonds is 38. The Labute approximate surface area is 283 Å². The minimum Gasteiger partial charge on any atom is -0.394 e. The molecule has 0 aliphatic heterocycles. The van der Waals surface area contributed by atoms with Gasteiger partial charge in [0.1, 0.15) is 0 Å². The van der Waals surface area contributed by atoms with Gasteiger partial charge in [-0.3, -0.25) is 4.79 Å². The Balaban J connectivity index is 3.48. The van der Waals surface area contributed by atoms with E-state index in [1.54, 1.807) is 0 Å². The molecule has 0 aliphatic rings. The second-order valence-electron chi connectivity index (χ2n) is 14.4. The fourth-order valence-corrected chi connectivity index (χ4v) is 6.66. The maximum absolute atomic E-state index is 12.4. The van der Waals surface area contributed by atoms with Gasteiger partial charge in [0.2, 0.25) is 5.91 Å². The summed E-state index contributed by atoms with van der Waals surface area (Å²) in [5.74, 6) is -0.0272. The van der Waals surface area contributed by atoms with Crippen molar-refractivity contribution in [3.8, 4) is 0 Å². The Morgan fingerprint density at radius 1 is 0.444 bits per heavy atom. The van der Waals surface area contributed by atoms with Gasteiger partial charge >= 0.3 is 0 Å². The van der Waals surface area contributed by atoms with Gasteiger partial charge in [0.25, 0.3) is 0 Å². The number of aliphatic hydroxyl groups excluding tert-OH is 2. The summed E-state index contributed by atoms with van der Waals surface area (Å²) in [5.41, 5.74) is 0. The van der Waals surface area contributed by atoms with Crippen LogP contribution in [0.1, 0.15) is 239 Å². The molecule has 1 amide bonds. The lowest BCUT2D eigenvalue weighted by molar-refractivity contribution is -0.123. The molecule has 0 aromatic carbocycles. The van der Waals surface area contributed by atoms with Gasteiger partial charge in [-0.1, -0.05) is 219 Å². The summed E-state index contributed by atoms with van der Waals surface area (Å²) in [4.78, 5) is 12.4. The number of hydrogen-bond donors (Lipinski definition) is 3. The van der Waals surface area contributed by atoms with Gasteiger partial charge in [0, 0.05) is 6.42 Å². The molecule has 0 spiro atoms. The van der Waals surface area contributed by atoms with Crippen molar-refractivity contribution in [3.63, 3.8) is 0 Å². The number of aliphatic hydroxyl groups is 2. The summed E-state index contributed by atoms with van der Waals surface area (Å²) in [6, 6.07) is -0.528. The van der Waals surface area contributed by atoms with Crippen LogP contribution in [0.5, 0.6) is 0 Å². The average Bonchev–Trinajstić information content (AvgIpc) is 3.04. The van der Waals surface area contributed by atoms with Crippen LogP contribution in [0, 0.1) is 0 Å². The standard InChI is InChI=1S/C41H83NO3/c1-3-5-7-9-11-13-15-17-19-20-21-23-24-26-28-30-32-34-36-40(44)39(38-43)42-41(45)37-35-33-31-29-27-25-22-18-16-14-12-10-8-6-4-2/h39-40,43-44H,3-38H2,1-2H3,(H,42,45). The van der Waals surface area contributed by atoms with E-state index in [0.717, 1.165) is 25.7 Å². The van der Waals surface area contributed by atoms with Crippen LogP contribution in [0.2, 0.25) is 0 Å². The highest BCUT2D eigenvalue weighted by molar-refractivity contribution is 5.76. The van der Waals surface area contributed by atoms with Crippen LogP contribution in [0.15, 0.2) is 0 Å². The summed E-state index contributed by atoms with van der Waals surface area (Å²) in [5, 5.41) is 23.1. The van der Waals surface area contributed by atoms with Crippen molar-refractivity contribution in [2.45, 2.75) is 251 Å². The number of carbonyl (C=O) groups excluding carboxylic acids is 1. The van der Waals surface area contributed by atoms with Gasteiger partial charge < -0.3 is 15.5 Å². The van der Waals surface area contributed by atoms with Crippen molar-refractivity contribution in [2.24, 2.45) is 0 Å². The molecular formula is C41H83NO3. The van der Waals surface area contributed by atoms with E-state index in [1.165, 1.54) is 186 Å². The minimum absolute atomic E-state index is 0.0272. The van der Waals surface area contributed by atoms with Crippen molar-refractivity contribution in [2.75, 3.05) is 6.61 Å². The number of nitrogens with one attached hydrogen (secondary N) is 1. The van der Waals surface area contributed by atoms with E-state index in [4.69, 9.17) is 0 Å². The third kappa shape index (κ3) is 34.5. The highest BCUT2D eigenvalue weighted by atomic mass is 16.3. The van der Waals surface area contributed by atoms with E-state index < -0.39 is 12.1 Å². The maximum atomic E-state index is 12.4. The first-order chi connectivity index (χ1) is 22.2. The molecule has 0 aromatic rings. The number of unbranched alkanes of at least 4 members (excludes halogenated alkanes) is 31. The molecule has 0 saturated carbocycles.